The van der Waals surface area contributed by atoms with Gasteiger partial charge in [0.05, 0.1) is 5.69 Å². The van der Waals surface area contributed by atoms with E-state index in [1.165, 1.54) is 23.3 Å². The maximum Gasteiger partial charge on any atom is 0.356 e. The van der Waals surface area contributed by atoms with Crippen LogP contribution < -0.4 is 5.32 Å². The van der Waals surface area contributed by atoms with Gasteiger partial charge in [0, 0.05) is 18.9 Å². The summed E-state index contributed by atoms with van der Waals surface area (Å²) in [5.41, 5.74) is 0.831. The normalized spacial score (nSPS) is 10.2. The molecule has 0 aliphatic rings. The van der Waals surface area contributed by atoms with Gasteiger partial charge in [-0.3, -0.25) is 9.78 Å². The molecule has 0 bridgehead atoms. The average Bonchev–Trinajstić information content (AvgIpc) is 2.89. The third-order valence-electron chi connectivity index (χ3n) is 2.41. The summed E-state index contributed by atoms with van der Waals surface area (Å²) in [4.78, 5) is 30.1. The molecule has 2 rings (SSSR count). The minimum Gasteiger partial charge on any atom is -0.476 e. The highest BCUT2D eigenvalue weighted by Gasteiger charge is 2.10. The van der Waals surface area contributed by atoms with Crippen molar-refractivity contribution in [1.82, 2.24) is 19.9 Å². The van der Waals surface area contributed by atoms with Crippen LogP contribution in [0.5, 0.6) is 0 Å². The van der Waals surface area contributed by atoms with Crippen LogP contribution in [0.1, 0.15) is 27.9 Å². The predicted octanol–water partition coefficient (Wildman–Crippen LogP) is 0.715. The van der Waals surface area contributed by atoms with Crippen molar-refractivity contribution >= 4 is 11.9 Å². The molecule has 0 spiro atoms. The molecule has 19 heavy (non-hydrogen) atoms. The lowest BCUT2D eigenvalue weighted by Gasteiger charge is -2.04. The van der Waals surface area contributed by atoms with E-state index >= 15 is 0 Å². The van der Waals surface area contributed by atoms with Crippen molar-refractivity contribution < 1.29 is 14.7 Å². The first-order valence-corrected chi connectivity index (χ1v) is 5.63. The van der Waals surface area contributed by atoms with Gasteiger partial charge < -0.3 is 15.0 Å². The molecule has 0 saturated carbocycles. The van der Waals surface area contributed by atoms with Gasteiger partial charge in [0.15, 0.2) is 5.69 Å². The van der Waals surface area contributed by atoms with Crippen molar-refractivity contribution in [2.24, 2.45) is 0 Å². The highest BCUT2D eigenvalue weighted by molar-refractivity contribution is 5.92. The van der Waals surface area contributed by atoms with E-state index in [1.54, 1.807) is 12.1 Å². The fourth-order valence-electron chi connectivity index (χ4n) is 1.53. The van der Waals surface area contributed by atoms with Crippen molar-refractivity contribution in [1.29, 1.82) is 0 Å². The molecule has 0 aromatic carbocycles. The van der Waals surface area contributed by atoms with Crippen LogP contribution in [0.2, 0.25) is 0 Å². The number of carbonyl (C=O) groups excluding carboxylic acids is 1. The Morgan fingerprint density at radius 3 is 2.79 bits per heavy atom. The number of nitrogens with one attached hydrogen (secondary N) is 1. The van der Waals surface area contributed by atoms with Gasteiger partial charge >= 0.3 is 5.97 Å². The number of carboxylic acids is 1. The zero-order chi connectivity index (χ0) is 13.8. The van der Waals surface area contributed by atoms with Crippen LogP contribution >= 0.6 is 0 Å². The molecule has 1 amide bonds. The van der Waals surface area contributed by atoms with E-state index in [-0.39, 0.29) is 17.3 Å². The highest BCUT2D eigenvalue weighted by atomic mass is 16.4. The van der Waals surface area contributed by atoms with E-state index in [0.717, 1.165) is 0 Å². The Morgan fingerprint density at radius 2 is 2.16 bits per heavy atom. The second kappa shape index (κ2) is 5.30. The van der Waals surface area contributed by atoms with Gasteiger partial charge in [0.1, 0.15) is 12.0 Å². The smallest absolute Gasteiger partial charge is 0.356 e. The lowest BCUT2D eigenvalue weighted by atomic mass is 10.3. The molecule has 0 fully saturated rings. The van der Waals surface area contributed by atoms with Crippen LogP contribution in [-0.4, -0.2) is 38.1 Å². The fourth-order valence-corrected chi connectivity index (χ4v) is 1.53. The number of nitrogens with zero attached hydrogens (tertiary/aromatic N) is 3. The van der Waals surface area contributed by atoms with Gasteiger partial charge in [-0.15, -0.1) is 0 Å². The summed E-state index contributed by atoms with van der Waals surface area (Å²) in [6.07, 6.45) is 4.24. The van der Waals surface area contributed by atoms with E-state index in [1.807, 2.05) is 6.92 Å². The molecule has 0 aliphatic heterocycles. The Kier molecular flexibility index (Phi) is 3.56. The van der Waals surface area contributed by atoms with Crippen LogP contribution in [0.3, 0.4) is 0 Å². The maximum atomic E-state index is 11.6. The molecular formula is C12H12N4O3. The summed E-state index contributed by atoms with van der Waals surface area (Å²) in [5, 5.41) is 11.4. The summed E-state index contributed by atoms with van der Waals surface area (Å²) in [7, 11) is 0. The molecule has 98 valence electrons. The molecule has 0 unspecified atom stereocenters. The van der Waals surface area contributed by atoms with E-state index < -0.39 is 5.97 Å². The molecule has 2 heterocycles. The van der Waals surface area contributed by atoms with Gasteiger partial charge in [-0.05, 0) is 19.1 Å². The topological polar surface area (TPSA) is 97.1 Å². The maximum absolute atomic E-state index is 11.6. The summed E-state index contributed by atoms with van der Waals surface area (Å²) in [6, 6.07) is 3.23. The number of aromatic nitrogens is 3. The first-order valence-electron chi connectivity index (χ1n) is 5.63. The molecule has 7 heteroatoms. The average molecular weight is 260 g/mol. The van der Waals surface area contributed by atoms with Gasteiger partial charge in [0.25, 0.3) is 5.91 Å². The Bertz CT molecular complexity index is 621. The van der Waals surface area contributed by atoms with Crippen molar-refractivity contribution in [3.8, 4) is 5.69 Å². The molecule has 2 aromatic rings. The highest BCUT2D eigenvalue weighted by Crippen LogP contribution is 2.09. The Hall–Kier alpha value is -2.70. The SMILES string of the molecule is CCNC(=O)c1cc(-n2cnc(C(=O)O)c2)ccn1. The summed E-state index contributed by atoms with van der Waals surface area (Å²) in [5.74, 6) is -1.38. The predicted molar refractivity (Wildman–Crippen MR) is 66.3 cm³/mol. The monoisotopic (exact) mass is 260 g/mol. The number of hydrogen-bond donors (Lipinski definition) is 2. The van der Waals surface area contributed by atoms with E-state index in [0.29, 0.717) is 12.2 Å². The van der Waals surface area contributed by atoms with Gasteiger partial charge in [-0.2, -0.15) is 0 Å². The summed E-state index contributed by atoms with van der Waals surface area (Å²) in [6.45, 7) is 2.33. The minimum absolute atomic E-state index is 0.0589. The Balaban J connectivity index is 2.32. The van der Waals surface area contributed by atoms with Crippen molar-refractivity contribution in [3.05, 3.63) is 42.2 Å². The minimum atomic E-state index is -1.10. The summed E-state index contributed by atoms with van der Waals surface area (Å²) >= 11 is 0. The number of carboxylic acid groups (broad SMARTS) is 1. The zero-order valence-corrected chi connectivity index (χ0v) is 10.2. The quantitative estimate of drug-likeness (QED) is 0.844. The van der Waals surface area contributed by atoms with Crippen molar-refractivity contribution in [3.63, 3.8) is 0 Å². The van der Waals surface area contributed by atoms with Gasteiger partial charge in [-0.25, -0.2) is 9.78 Å². The van der Waals surface area contributed by atoms with Crippen LogP contribution in [0.15, 0.2) is 30.9 Å². The third-order valence-corrected chi connectivity index (χ3v) is 2.41. The Morgan fingerprint density at radius 1 is 1.37 bits per heavy atom. The number of imidazole rings is 1. The molecule has 7 nitrogen and oxygen atoms in total. The summed E-state index contributed by atoms with van der Waals surface area (Å²) < 4.78 is 1.52. The molecule has 0 aliphatic carbocycles. The molecule has 0 saturated heterocycles. The number of hydrogen-bond acceptors (Lipinski definition) is 4. The van der Waals surface area contributed by atoms with E-state index in [2.05, 4.69) is 15.3 Å². The number of rotatable bonds is 4. The van der Waals surface area contributed by atoms with Crippen LogP contribution in [0.4, 0.5) is 0 Å². The van der Waals surface area contributed by atoms with Crippen molar-refractivity contribution in [2.45, 2.75) is 6.92 Å². The largest absolute Gasteiger partial charge is 0.476 e. The van der Waals surface area contributed by atoms with E-state index in [9.17, 15) is 9.59 Å². The van der Waals surface area contributed by atoms with Crippen LogP contribution in [0, 0.1) is 0 Å². The lowest BCUT2D eigenvalue weighted by Crippen LogP contribution is -2.23. The molecular weight excluding hydrogens is 248 g/mol. The van der Waals surface area contributed by atoms with Crippen LogP contribution in [-0.2, 0) is 0 Å². The number of pyridine rings is 1. The second-order valence-corrected chi connectivity index (χ2v) is 3.73. The number of aromatic carboxylic acids is 1. The molecule has 0 atom stereocenters. The first-order chi connectivity index (χ1) is 9.11. The lowest BCUT2D eigenvalue weighted by molar-refractivity contribution is 0.0690. The second-order valence-electron chi connectivity index (χ2n) is 3.73. The van der Waals surface area contributed by atoms with Gasteiger partial charge in [-0.1, -0.05) is 0 Å². The first kappa shape index (κ1) is 12.7. The molecule has 2 aromatic heterocycles. The fraction of sp³-hybridized carbons (Fsp3) is 0.167. The van der Waals surface area contributed by atoms with Crippen LogP contribution in [0.25, 0.3) is 5.69 Å². The standard InChI is InChI=1S/C12H12N4O3/c1-2-13-11(17)9-5-8(3-4-14-9)16-6-10(12(18)19)15-7-16/h3-7H,2H2,1H3,(H,13,17)(H,18,19). The van der Waals surface area contributed by atoms with Crippen molar-refractivity contribution in [2.75, 3.05) is 6.54 Å². The number of amides is 1. The molecule has 2 N–H and O–H groups in total. The Labute approximate surface area is 108 Å². The molecule has 0 radical (unpaired) electrons. The third kappa shape index (κ3) is 2.76. The zero-order valence-electron chi connectivity index (χ0n) is 10.2. The van der Waals surface area contributed by atoms with E-state index in [4.69, 9.17) is 5.11 Å². The number of carbonyl (C=O) groups is 2. The van der Waals surface area contributed by atoms with Gasteiger partial charge in [0.2, 0.25) is 0 Å².